The summed E-state index contributed by atoms with van der Waals surface area (Å²) >= 11 is 0. The maximum absolute atomic E-state index is 8.96. The second-order valence-electron chi connectivity index (χ2n) is 7.71. The number of aryl methyl sites for hydroxylation is 2. The Morgan fingerprint density at radius 3 is 2.33 bits per heavy atom. The first-order chi connectivity index (χ1) is 12.9. The van der Waals surface area contributed by atoms with E-state index in [-0.39, 0.29) is 0 Å². The van der Waals surface area contributed by atoms with Crippen LogP contribution in [-0.2, 0) is 0 Å². The molecule has 0 aliphatic heterocycles. The van der Waals surface area contributed by atoms with E-state index < -0.39 is 0 Å². The predicted octanol–water partition coefficient (Wildman–Crippen LogP) is 6.44. The van der Waals surface area contributed by atoms with Gasteiger partial charge in [0, 0.05) is 17.8 Å². The molecule has 2 aromatic carbocycles. The van der Waals surface area contributed by atoms with Crippen molar-refractivity contribution in [3.05, 3.63) is 76.4 Å². The van der Waals surface area contributed by atoms with Crippen molar-refractivity contribution in [1.82, 2.24) is 5.32 Å². The summed E-state index contributed by atoms with van der Waals surface area (Å²) in [5.74, 6) is 1.00. The molecule has 2 aromatic rings. The monoisotopic (exact) mass is 360 g/mol. The maximum atomic E-state index is 8.96. The summed E-state index contributed by atoms with van der Waals surface area (Å²) < 4.78 is 0. The van der Waals surface area contributed by atoms with Crippen LogP contribution < -0.4 is 5.32 Å². The third kappa shape index (κ3) is 5.23. The van der Waals surface area contributed by atoms with Crippen molar-refractivity contribution in [1.29, 1.82) is 5.26 Å². The summed E-state index contributed by atoms with van der Waals surface area (Å²) in [6, 6.07) is 14.7. The van der Waals surface area contributed by atoms with Crippen LogP contribution in [0, 0.1) is 25.2 Å². The van der Waals surface area contributed by atoms with E-state index in [1.165, 1.54) is 27.8 Å². The molecule has 27 heavy (non-hydrogen) atoms. The molecule has 1 N–H and O–H groups in total. The summed E-state index contributed by atoms with van der Waals surface area (Å²) in [4.78, 5) is 0. The van der Waals surface area contributed by atoms with E-state index in [9.17, 15) is 0 Å². The molecule has 2 heteroatoms. The van der Waals surface area contributed by atoms with Crippen LogP contribution in [0.2, 0.25) is 0 Å². The zero-order valence-corrected chi connectivity index (χ0v) is 17.4. The molecule has 0 saturated carbocycles. The molecule has 0 bridgehead atoms. The molecule has 0 fully saturated rings. The molecular formula is C25H32N2. The van der Waals surface area contributed by atoms with Crippen molar-refractivity contribution in [3.8, 4) is 6.07 Å². The van der Waals surface area contributed by atoms with Gasteiger partial charge in [-0.05, 0) is 79.0 Å². The van der Waals surface area contributed by atoms with Gasteiger partial charge in [-0.3, -0.25) is 0 Å². The van der Waals surface area contributed by atoms with Crippen molar-refractivity contribution in [2.24, 2.45) is 0 Å². The fourth-order valence-electron chi connectivity index (χ4n) is 3.74. The Hall–Kier alpha value is -2.53. The van der Waals surface area contributed by atoms with Crippen LogP contribution in [0.5, 0.6) is 0 Å². The third-order valence-electron chi connectivity index (χ3n) is 5.40. The highest BCUT2D eigenvalue weighted by Gasteiger charge is 2.12. The molecule has 2 nitrogen and oxygen atoms in total. The number of benzene rings is 2. The van der Waals surface area contributed by atoms with Gasteiger partial charge in [0.05, 0.1) is 11.6 Å². The number of rotatable bonds is 8. The minimum atomic E-state index is 0.489. The molecule has 0 heterocycles. The number of nitrogens with one attached hydrogen (secondary N) is 1. The van der Waals surface area contributed by atoms with Gasteiger partial charge in [-0.2, -0.15) is 5.26 Å². The number of nitriles is 1. The van der Waals surface area contributed by atoms with Crippen molar-refractivity contribution in [2.45, 2.75) is 59.3 Å². The average Bonchev–Trinajstić information content (AvgIpc) is 2.65. The van der Waals surface area contributed by atoms with Gasteiger partial charge in [-0.1, -0.05) is 45.5 Å². The van der Waals surface area contributed by atoms with E-state index in [1.54, 1.807) is 0 Å². The van der Waals surface area contributed by atoms with Gasteiger partial charge in [-0.15, -0.1) is 0 Å². The Morgan fingerprint density at radius 1 is 1.11 bits per heavy atom. The summed E-state index contributed by atoms with van der Waals surface area (Å²) in [6.07, 6.45) is 2.13. The number of hydrogen-bond donors (Lipinski definition) is 1. The zero-order valence-electron chi connectivity index (χ0n) is 17.4. The van der Waals surface area contributed by atoms with Crippen LogP contribution in [-0.4, -0.2) is 6.54 Å². The van der Waals surface area contributed by atoms with E-state index in [0.29, 0.717) is 11.8 Å². The van der Waals surface area contributed by atoms with Gasteiger partial charge < -0.3 is 5.32 Å². The average molecular weight is 361 g/mol. The highest BCUT2D eigenvalue weighted by molar-refractivity contribution is 5.66. The number of hydrogen-bond acceptors (Lipinski definition) is 2. The molecule has 0 amide bonds. The molecule has 0 radical (unpaired) electrons. The molecule has 0 spiro atoms. The minimum absolute atomic E-state index is 0.489. The largest absolute Gasteiger partial charge is 0.385 e. The van der Waals surface area contributed by atoms with Crippen LogP contribution in [0.25, 0.3) is 5.70 Å². The van der Waals surface area contributed by atoms with E-state index in [1.807, 2.05) is 12.1 Å². The van der Waals surface area contributed by atoms with Crippen molar-refractivity contribution >= 4 is 5.70 Å². The minimum Gasteiger partial charge on any atom is -0.385 e. The summed E-state index contributed by atoms with van der Waals surface area (Å²) in [5, 5.41) is 12.5. The molecule has 2 rings (SSSR count). The lowest BCUT2D eigenvalue weighted by Crippen LogP contribution is -2.16. The lowest BCUT2D eigenvalue weighted by molar-refractivity contribution is 0.593. The standard InChI is InChI=1S/C25H32N2/c1-7-22(23-10-8-21(16-26)9-11-23)12-13-27-20(6)25-15-24(17(2)3)18(4)14-19(25)5/h8-11,14-15,17,22,27H,6-7,12-13H2,1-5H3. The van der Waals surface area contributed by atoms with E-state index >= 15 is 0 Å². The van der Waals surface area contributed by atoms with E-state index in [2.05, 4.69) is 76.8 Å². The lowest BCUT2D eigenvalue weighted by Gasteiger charge is -2.19. The number of nitrogens with zero attached hydrogens (tertiary/aromatic N) is 1. The molecule has 0 aliphatic rings. The van der Waals surface area contributed by atoms with Gasteiger partial charge in [-0.25, -0.2) is 0 Å². The van der Waals surface area contributed by atoms with Crippen LogP contribution in [0.4, 0.5) is 0 Å². The van der Waals surface area contributed by atoms with Crippen LogP contribution in [0.15, 0.2) is 43.0 Å². The Labute approximate surface area is 164 Å². The normalized spacial score (nSPS) is 11.9. The first-order valence-corrected chi connectivity index (χ1v) is 9.91. The molecule has 0 aliphatic carbocycles. The van der Waals surface area contributed by atoms with E-state index in [0.717, 1.165) is 30.6 Å². The Bertz CT molecular complexity index is 823. The maximum Gasteiger partial charge on any atom is 0.0991 e. The fraction of sp³-hybridized carbons (Fsp3) is 0.400. The SMILES string of the molecule is C=C(NCCC(CC)c1ccc(C#N)cc1)c1cc(C(C)C)c(C)cc1C. The quantitative estimate of drug-likeness (QED) is 0.588. The molecule has 0 aromatic heterocycles. The lowest BCUT2D eigenvalue weighted by atomic mass is 9.91. The van der Waals surface area contributed by atoms with Crippen LogP contribution >= 0.6 is 0 Å². The van der Waals surface area contributed by atoms with Crippen LogP contribution in [0.1, 0.15) is 78.8 Å². The van der Waals surface area contributed by atoms with Crippen molar-refractivity contribution in [2.75, 3.05) is 6.54 Å². The highest BCUT2D eigenvalue weighted by Crippen LogP contribution is 2.27. The second-order valence-corrected chi connectivity index (χ2v) is 7.71. The highest BCUT2D eigenvalue weighted by atomic mass is 14.9. The van der Waals surface area contributed by atoms with E-state index in [4.69, 9.17) is 5.26 Å². The molecule has 142 valence electrons. The predicted molar refractivity (Wildman–Crippen MR) is 116 cm³/mol. The molecular weight excluding hydrogens is 328 g/mol. The molecule has 0 saturated heterocycles. The second kappa shape index (κ2) is 9.42. The van der Waals surface area contributed by atoms with Gasteiger partial charge in [0.2, 0.25) is 0 Å². The van der Waals surface area contributed by atoms with Gasteiger partial charge >= 0.3 is 0 Å². The topological polar surface area (TPSA) is 35.8 Å². The first kappa shape index (κ1) is 20.8. The zero-order chi connectivity index (χ0) is 20.0. The Kier molecular flexibility index (Phi) is 7.25. The first-order valence-electron chi connectivity index (χ1n) is 9.91. The Morgan fingerprint density at radius 2 is 1.78 bits per heavy atom. The van der Waals surface area contributed by atoms with Gasteiger partial charge in [0.1, 0.15) is 0 Å². The van der Waals surface area contributed by atoms with Gasteiger partial charge in [0.15, 0.2) is 0 Å². The van der Waals surface area contributed by atoms with Crippen molar-refractivity contribution in [3.63, 3.8) is 0 Å². The fourth-order valence-corrected chi connectivity index (χ4v) is 3.74. The molecule has 1 atom stereocenters. The summed E-state index contributed by atoms with van der Waals surface area (Å²) in [7, 11) is 0. The Balaban J connectivity index is 2.02. The summed E-state index contributed by atoms with van der Waals surface area (Å²) in [5.41, 5.74) is 8.26. The summed E-state index contributed by atoms with van der Waals surface area (Å²) in [6.45, 7) is 16.2. The molecule has 1 unspecified atom stereocenters. The van der Waals surface area contributed by atoms with Crippen LogP contribution in [0.3, 0.4) is 0 Å². The van der Waals surface area contributed by atoms with Gasteiger partial charge in [0.25, 0.3) is 0 Å². The van der Waals surface area contributed by atoms with Crippen molar-refractivity contribution < 1.29 is 0 Å². The smallest absolute Gasteiger partial charge is 0.0991 e. The third-order valence-corrected chi connectivity index (χ3v) is 5.40.